The van der Waals surface area contributed by atoms with Crippen LogP contribution in [0, 0.1) is 0 Å². The molecule has 1 unspecified atom stereocenters. The third kappa shape index (κ3) is 2.67. The summed E-state index contributed by atoms with van der Waals surface area (Å²) in [5.41, 5.74) is 2.75. The quantitative estimate of drug-likeness (QED) is 0.745. The molecule has 1 amide bonds. The van der Waals surface area contributed by atoms with Crippen molar-refractivity contribution in [1.29, 1.82) is 0 Å². The van der Waals surface area contributed by atoms with Crippen molar-refractivity contribution in [3.63, 3.8) is 0 Å². The van der Waals surface area contributed by atoms with E-state index in [2.05, 4.69) is 4.98 Å². The zero-order chi connectivity index (χ0) is 18.3. The highest BCUT2D eigenvalue weighted by atomic mass is 16.4. The van der Waals surface area contributed by atoms with Crippen molar-refractivity contribution in [3.05, 3.63) is 70.1 Å². The van der Waals surface area contributed by atoms with Gasteiger partial charge < -0.3 is 15.0 Å². The number of nitrogens with one attached hydrogen (secondary N) is 1. The fourth-order valence-corrected chi connectivity index (χ4v) is 3.50. The Bertz CT molecular complexity index is 1070. The van der Waals surface area contributed by atoms with Gasteiger partial charge in [-0.25, -0.2) is 9.59 Å². The molecule has 26 heavy (non-hydrogen) atoms. The number of imidazole rings is 1. The number of para-hydroxylation sites is 2. The number of rotatable bonds is 3. The third-order valence-electron chi connectivity index (χ3n) is 4.83. The van der Waals surface area contributed by atoms with Crippen molar-refractivity contribution < 1.29 is 14.7 Å². The second-order valence-corrected chi connectivity index (χ2v) is 6.38. The number of amides is 1. The minimum atomic E-state index is -1.04. The maximum absolute atomic E-state index is 12.9. The van der Waals surface area contributed by atoms with Gasteiger partial charge in [0.1, 0.15) is 12.6 Å². The van der Waals surface area contributed by atoms with E-state index in [4.69, 9.17) is 0 Å². The van der Waals surface area contributed by atoms with E-state index in [0.717, 1.165) is 11.1 Å². The average molecular weight is 351 g/mol. The third-order valence-corrected chi connectivity index (χ3v) is 4.83. The maximum atomic E-state index is 12.9. The first-order valence-electron chi connectivity index (χ1n) is 8.31. The predicted octanol–water partition coefficient (Wildman–Crippen LogP) is 1.37. The summed E-state index contributed by atoms with van der Waals surface area (Å²) >= 11 is 0. The maximum Gasteiger partial charge on any atom is 0.326 e. The van der Waals surface area contributed by atoms with Crippen LogP contribution in [0.4, 0.5) is 0 Å². The van der Waals surface area contributed by atoms with Crippen LogP contribution in [0.15, 0.2) is 53.3 Å². The number of nitrogens with zero attached hydrogens (tertiary/aromatic N) is 2. The molecule has 0 spiro atoms. The van der Waals surface area contributed by atoms with Gasteiger partial charge in [-0.15, -0.1) is 0 Å². The van der Waals surface area contributed by atoms with E-state index in [0.29, 0.717) is 11.0 Å². The predicted molar refractivity (Wildman–Crippen MR) is 94.7 cm³/mol. The van der Waals surface area contributed by atoms with Gasteiger partial charge in [-0.2, -0.15) is 0 Å². The van der Waals surface area contributed by atoms with Crippen molar-refractivity contribution in [2.45, 2.75) is 25.6 Å². The molecule has 0 radical (unpaired) electrons. The number of carboxylic acids is 1. The van der Waals surface area contributed by atoms with Crippen LogP contribution in [-0.4, -0.2) is 37.5 Å². The summed E-state index contributed by atoms with van der Waals surface area (Å²) in [6.45, 7) is 0.0257. The molecule has 7 nitrogen and oxygen atoms in total. The first-order valence-corrected chi connectivity index (χ1v) is 8.31. The number of hydrogen-bond acceptors (Lipinski definition) is 3. The molecule has 132 valence electrons. The standard InChI is InChI=1S/C19H17N3O4/c23-17(11-22-15-8-4-3-7-14(15)20-19(22)26)21-10-13-6-2-1-5-12(13)9-16(21)18(24)25/h1-8,16H,9-11H2,(H,20,26)(H,24,25). The summed E-state index contributed by atoms with van der Waals surface area (Å²) in [5.74, 6) is -1.43. The van der Waals surface area contributed by atoms with Gasteiger partial charge in [-0.1, -0.05) is 36.4 Å². The highest BCUT2D eigenvalue weighted by molar-refractivity contribution is 5.85. The topological polar surface area (TPSA) is 95.4 Å². The van der Waals surface area contributed by atoms with Crippen LogP contribution in [-0.2, 0) is 29.1 Å². The molecule has 2 aromatic carbocycles. The molecule has 3 aromatic rings. The molecule has 1 atom stereocenters. The van der Waals surface area contributed by atoms with Crippen molar-refractivity contribution in [2.75, 3.05) is 0 Å². The van der Waals surface area contributed by atoms with E-state index >= 15 is 0 Å². The number of H-pyrrole nitrogens is 1. The van der Waals surface area contributed by atoms with E-state index in [1.54, 1.807) is 24.3 Å². The van der Waals surface area contributed by atoms with E-state index in [9.17, 15) is 19.5 Å². The van der Waals surface area contributed by atoms with Crippen LogP contribution in [0.3, 0.4) is 0 Å². The monoisotopic (exact) mass is 351 g/mol. The number of aromatic nitrogens is 2. The van der Waals surface area contributed by atoms with E-state index in [1.165, 1.54) is 9.47 Å². The summed E-state index contributed by atoms with van der Waals surface area (Å²) in [6, 6.07) is 13.7. The molecule has 4 rings (SSSR count). The average Bonchev–Trinajstić information content (AvgIpc) is 2.96. The lowest BCUT2D eigenvalue weighted by atomic mass is 9.94. The van der Waals surface area contributed by atoms with Crippen LogP contribution in [0.2, 0.25) is 0 Å². The van der Waals surface area contributed by atoms with Crippen LogP contribution >= 0.6 is 0 Å². The second-order valence-electron chi connectivity index (χ2n) is 6.38. The van der Waals surface area contributed by atoms with Gasteiger partial charge in [0.2, 0.25) is 5.91 Å². The molecule has 0 bridgehead atoms. The van der Waals surface area contributed by atoms with Crippen molar-refractivity contribution >= 4 is 22.9 Å². The van der Waals surface area contributed by atoms with Gasteiger partial charge >= 0.3 is 11.7 Å². The molecular formula is C19H17N3O4. The normalized spacial score (nSPS) is 16.5. The Labute approximate surface area is 148 Å². The highest BCUT2D eigenvalue weighted by Gasteiger charge is 2.34. The van der Waals surface area contributed by atoms with Gasteiger partial charge in [0, 0.05) is 13.0 Å². The summed E-state index contributed by atoms with van der Waals surface area (Å²) in [6.07, 6.45) is 0.264. The molecule has 0 saturated heterocycles. The molecule has 1 aromatic heterocycles. The number of benzene rings is 2. The highest BCUT2D eigenvalue weighted by Crippen LogP contribution is 2.24. The lowest BCUT2D eigenvalue weighted by Crippen LogP contribution is -2.50. The summed E-state index contributed by atoms with van der Waals surface area (Å²) in [5, 5.41) is 9.57. The largest absolute Gasteiger partial charge is 0.480 e. The zero-order valence-electron chi connectivity index (χ0n) is 13.9. The van der Waals surface area contributed by atoms with Gasteiger partial charge in [0.05, 0.1) is 11.0 Å². The SMILES string of the molecule is O=C(O)C1Cc2ccccc2CN1C(=O)Cn1c(=O)[nH]c2ccccc21. The molecule has 0 saturated carbocycles. The summed E-state index contributed by atoms with van der Waals surface area (Å²) in [4.78, 5) is 40.8. The van der Waals surface area contributed by atoms with Crippen LogP contribution < -0.4 is 5.69 Å². The fraction of sp³-hybridized carbons (Fsp3) is 0.211. The molecule has 0 aliphatic carbocycles. The molecule has 7 heteroatoms. The number of aromatic amines is 1. The van der Waals surface area contributed by atoms with Crippen LogP contribution in [0.25, 0.3) is 11.0 Å². The number of carboxylic acid groups (broad SMARTS) is 1. The van der Waals surface area contributed by atoms with E-state index < -0.39 is 17.9 Å². The van der Waals surface area contributed by atoms with Gasteiger partial charge in [0.15, 0.2) is 0 Å². The number of fused-ring (bicyclic) bond motifs is 2. The van der Waals surface area contributed by atoms with E-state index in [-0.39, 0.29) is 25.2 Å². The zero-order valence-corrected chi connectivity index (χ0v) is 13.9. The Hall–Kier alpha value is -3.35. The molecule has 2 N–H and O–H groups in total. The first-order chi connectivity index (χ1) is 12.5. The molecule has 1 aliphatic rings. The molecule has 1 aliphatic heterocycles. The first kappa shape index (κ1) is 16.1. The number of hydrogen-bond donors (Lipinski definition) is 2. The Kier molecular flexibility index (Phi) is 3.84. The second kappa shape index (κ2) is 6.18. The Morgan fingerprint density at radius 3 is 2.54 bits per heavy atom. The number of carbonyl (C=O) groups is 2. The Morgan fingerprint density at radius 2 is 1.77 bits per heavy atom. The molecule has 0 fully saturated rings. The van der Waals surface area contributed by atoms with Gasteiger partial charge in [0.25, 0.3) is 0 Å². The number of carbonyl (C=O) groups excluding carboxylic acids is 1. The smallest absolute Gasteiger partial charge is 0.326 e. The lowest BCUT2D eigenvalue weighted by Gasteiger charge is -2.34. The van der Waals surface area contributed by atoms with Crippen molar-refractivity contribution in [2.24, 2.45) is 0 Å². The summed E-state index contributed by atoms with van der Waals surface area (Å²) in [7, 11) is 0. The molecule has 2 heterocycles. The van der Waals surface area contributed by atoms with Gasteiger partial charge in [-0.3, -0.25) is 9.36 Å². The Balaban J connectivity index is 1.67. The van der Waals surface area contributed by atoms with Gasteiger partial charge in [-0.05, 0) is 23.3 Å². The Morgan fingerprint density at radius 1 is 1.08 bits per heavy atom. The van der Waals surface area contributed by atoms with E-state index in [1.807, 2.05) is 24.3 Å². The lowest BCUT2D eigenvalue weighted by molar-refractivity contribution is -0.151. The van der Waals surface area contributed by atoms with Crippen molar-refractivity contribution in [3.8, 4) is 0 Å². The van der Waals surface area contributed by atoms with Crippen molar-refractivity contribution in [1.82, 2.24) is 14.5 Å². The minimum absolute atomic E-state index is 0.200. The fourth-order valence-electron chi connectivity index (χ4n) is 3.50. The minimum Gasteiger partial charge on any atom is -0.480 e. The number of aliphatic carboxylic acids is 1. The summed E-state index contributed by atoms with van der Waals surface area (Å²) < 4.78 is 1.34. The molecular weight excluding hydrogens is 334 g/mol. The van der Waals surface area contributed by atoms with Crippen LogP contribution in [0.1, 0.15) is 11.1 Å². The van der Waals surface area contributed by atoms with Crippen LogP contribution in [0.5, 0.6) is 0 Å².